The second-order valence-electron chi connectivity index (χ2n) is 5.70. The fraction of sp³-hybridized carbons (Fsp3) is 0.786. The zero-order chi connectivity index (χ0) is 13.0. The van der Waals surface area contributed by atoms with Crippen molar-refractivity contribution in [1.82, 2.24) is 9.80 Å². The molecule has 1 aliphatic carbocycles. The second kappa shape index (κ2) is 5.85. The third-order valence-corrected chi connectivity index (χ3v) is 4.49. The molecular weight excluding hydrogens is 226 g/mol. The average molecular weight is 251 g/mol. The molecule has 1 heterocycles. The lowest BCUT2D eigenvalue weighted by Crippen LogP contribution is -2.51. The van der Waals surface area contributed by atoms with E-state index in [1.54, 1.807) is 0 Å². The maximum Gasteiger partial charge on any atom is 0.223 e. The van der Waals surface area contributed by atoms with Gasteiger partial charge in [0.1, 0.15) is 0 Å². The molecule has 1 amide bonds. The third-order valence-electron chi connectivity index (χ3n) is 4.49. The summed E-state index contributed by atoms with van der Waals surface area (Å²) in [5, 5.41) is 0. The first kappa shape index (κ1) is 13.6. The molecule has 1 aliphatic heterocycles. The van der Waals surface area contributed by atoms with E-state index in [2.05, 4.69) is 11.5 Å². The van der Waals surface area contributed by atoms with E-state index in [-0.39, 0.29) is 5.41 Å². The molecule has 2 N–H and O–H groups in total. The SMILES string of the molecule is C=CCN1CCN(C(=O)CC2(CN)CCC2)CC1. The molecule has 4 nitrogen and oxygen atoms in total. The van der Waals surface area contributed by atoms with Gasteiger partial charge in [-0.05, 0) is 24.8 Å². The van der Waals surface area contributed by atoms with Crippen molar-refractivity contribution < 1.29 is 4.79 Å². The van der Waals surface area contributed by atoms with Crippen LogP contribution in [0, 0.1) is 5.41 Å². The van der Waals surface area contributed by atoms with E-state index in [0.29, 0.717) is 18.9 Å². The summed E-state index contributed by atoms with van der Waals surface area (Å²) in [6.07, 6.45) is 6.08. The Hall–Kier alpha value is -0.870. The number of carbonyl (C=O) groups excluding carboxylic acids is 1. The molecule has 4 heteroatoms. The highest BCUT2D eigenvalue weighted by molar-refractivity contribution is 5.77. The summed E-state index contributed by atoms with van der Waals surface area (Å²) in [4.78, 5) is 16.6. The van der Waals surface area contributed by atoms with Crippen molar-refractivity contribution in [3.8, 4) is 0 Å². The molecule has 0 spiro atoms. The van der Waals surface area contributed by atoms with E-state index in [0.717, 1.165) is 45.6 Å². The minimum Gasteiger partial charge on any atom is -0.340 e. The summed E-state index contributed by atoms with van der Waals surface area (Å²) in [6, 6.07) is 0. The van der Waals surface area contributed by atoms with Crippen molar-refractivity contribution in [3.05, 3.63) is 12.7 Å². The summed E-state index contributed by atoms with van der Waals surface area (Å²) in [5.74, 6) is 0.304. The van der Waals surface area contributed by atoms with Gasteiger partial charge in [-0.1, -0.05) is 12.5 Å². The van der Waals surface area contributed by atoms with Crippen LogP contribution < -0.4 is 5.73 Å². The van der Waals surface area contributed by atoms with Gasteiger partial charge in [0, 0.05) is 39.1 Å². The third kappa shape index (κ3) is 2.93. The molecule has 1 saturated carbocycles. The van der Waals surface area contributed by atoms with E-state index in [1.807, 2.05) is 11.0 Å². The van der Waals surface area contributed by atoms with Crippen LogP contribution in [-0.4, -0.2) is 55.0 Å². The highest BCUT2D eigenvalue weighted by atomic mass is 16.2. The van der Waals surface area contributed by atoms with Crippen LogP contribution in [0.4, 0.5) is 0 Å². The average Bonchev–Trinajstić information content (AvgIpc) is 2.35. The lowest BCUT2D eigenvalue weighted by molar-refractivity contribution is -0.136. The normalized spacial score (nSPS) is 23.5. The molecule has 102 valence electrons. The van der Waals surface area contributed by atoms with Crippen LogP contribution >= 0.6 is 0 Å². The Bertz CT molecular complexity index is 299. The number of carbonyl (C=O) groups is 1. The monoisotopic (exact) mass is 251 g/mol. The van der Waals surface area contributed by atoms with Crippen molar-refractivity contribution in [2.45, 2.75) is 25.7 Å². The number of hydrogen-bond acceptors (Lipinski definition) is 3. The van der Waals surface area contributed by atoms with Crippen LogP contribution in [0.3, 0.4) is 0 Å². The summed E-state index contributed by atoms with van der Waals surface area (Å²) >= 11 is 0. The van der Waals surface area contributed by atoms with Gasteiger partial charge in [-0.15, -0.1) is 6.58 Å². The molecule has 2 fully saturated rings. The minimum absolute atomic E-state index is 0.134. The Morgan fingerprint density at radius 3 is 2.39 bits per heavy atom. The first-order valence-electron chi connectivity index (χ1n) is 7.00. The highest BCUT2D eigenvalue weighted by Gasteiger charge is 2.38. The predicted molar refractivity (Wildman–Crippen MR) is 73.2 cm³/mol. The number of hydrogen-bond donors (Lipinski definition) is 1. The largest absolute Gasteiger partial charge is 0.340 e. The number of piperazine rings is 1. The summed E-state index contributed by atoms with van der Waals surface area (Å²) < 4.78 is 0. The summed E-state index contributed by atoms with van der Waals surface area (Å²) in [5.41, 5.74) is 5.95. The summed E-state index contributed by atoms with van der Waals surface area (Å²) in [7, 11) is 0. The highest BCUT2D eigenvalue weighted by Crippen LogP contribution is 2.43. The molecule has 2 aliphatic rings. The van der Waals surface area contributed by atoms with E-state index >= 15 is 0 Å². The van der Waals surface area contributed by atoms with Crippen LogP contribution in [0.15, 0.2) is 12.7 Å². The van der Waals surface area contributed by atoms with Gasteiger partial charge >= 0.3 is 0 Å². The molecule has 0 bridgehead atoms. The number of rotatable bonds is 5. The Balaban J connectivity index is 1.78. The van der Waals surface area contributed by atoms with Crippen molar-refractivity contribution in [3.63, 3.8) is 0 Å². The zero-order valence-corrected chi connectivity index (χ0v) is 11.2. The van der Waals surface area contributed by atoms with Crippen molar-refractivity contribution in [2.75, 3.05) is 39.3 Å². The molecule has 2 rings (SSSR count). The van der Waals surface area contributed by atoms with E-state index in [1.165, 1.54) is 6.42 Å². The van der Waals surface area contributed by atoms with Crippen molar-refractivity contribution in [2.24, 2.45) is 11.1 Å². The first-order chi connectivity index (χ1) is 8.69. The Morgan fingerprint density at radius 2 is 1.94 bits per heavy atom. The number of nitrogens with zero attached hydrogens (tertiary/aromatic N) is 2. The van der Waals surface area contributed by atoms with Crippen LogP contribution in [0.1, 0.15) is 25.7 Å². The molecule has 18 heavy (non-hydrogen) atoms. The Labute approximate surface area is 110 Å². The van der Waals surface area contributed by atoms with Crippen LogP contribution in [0.2, 0.25) is 0 Å². The Morgan fingerprint density at radius 1 is 1.28 bits per heavy atom. The van der Waals surface area contributed by atoms with E-state index in [9.17, 15) is 4.79 Å². The maximum absolute atomic E-state index is 12.3. The predicted octanol–water partition coefficient (Wildman–Crippen LogP) is 0.836. The van der Waals surface area contributed by atoms with Gasteiger partial charge in [-0.2, -0.15) is 0 Å². The first-order valence-corrected chi connectivity index (χ1v) is 7.00. The van der Waals surface area contributed by atoms with Gasteiger partial charge in [-0.3, -0.25) is 9.69 Å². The van der Waals surface area contributed by atoms with Gasteiger partial charge in [0.05, 0.1) is 0 Å². The molecule has 0 radical (unpaired) electrons. The van der Waals surface area contributed by atoms with Crippen molar-refractivity contribution in [1.29, 1.82) is 0 Å². The lowest BCUT2D eigenvalue weighted by Gasteiger charge is -2.42. The van der Waals surface area contributed by atoms with Crippen LogP contribution in [-0.2, 0) is 4.79 Å². The molecular formula is C14H25N3O. The number of amides is 1. The molecule has 1 saturated heterocycles. The van der Waals surface area contributed by atoms with Crippen molar-refractivity contribution >= 4 is 5.91 Å². The standard InChI is InChI=1S/C14H25N3O/c1-2-6-16-7-9-17(10-8-16)13(18)11-14(12-15)4-3-5-14/h2H,1,3-12,15H2. The molecule has 0 aromatic carbocycles. The van der Waals surface area contributed by atoms with Crippen LogP contribution in [0.25, 0.3) is 0 Å². The van der Waals surface area contributed by atoms with Gasteiger partial charge in [0.2, 0.25) is 5.91 Å². The maximum atomic E-state index is 12.3. The van der Waals surface area contributed by atoms with Gasteiger partial charge in [0.25, 0.3) is 0 Å². The Kier molecular flexibility index (Phi) is 4.40. The van der Waals surface area contributed by atoms with Gasteiger partial charge in [-0.25, -0.2) is 0 Å². The topological polar surface area (TPSA) is 49.6 Å². The molecule has 0 atom stereocenters. The van der Waals surface area contributed by atoms with E-state index in [4.69, 9.17) is 5.73 Å². The van der Waals surface area contributed by atoms with Gasteiger partial charge < -0.3 is 10.6 Å². The number of nitrogens with two attached hydrogens (primary N) is 1. The minimum atomic E-state index is 0.134. The quantitative estimate of drug-likeness (QED) is 0.737. The van der Waals surface area contributed by atoms with Crippen LogP contribution in [0.5, 0.6) is 0 Å². The van der Waals surface area contributed by atoms with E-state index < -0.39 is 0 Å². The zero-order valence-electron chi connectivity index (χ0n) is 11.2. The fourth-order valence-electron chi connectivity index (χ4n) is 2.92. The molecule has 0 unspecified atom stereocenters. The fourth-order valence-corrected chi connectivity index (χ4v) is 2.92. The molecule has 0 aromatic heterocycles. The second-order valence-corrected chi connectivity index (χ2v) is 5.70. The summed E-state index contributed by atoms with van der Waals surface area (Å²) in [6.45, 7) is 8.98. The van der Waals surface area contributed by atoms with Gasteiger partial charge in [0.15, 0.2) is 0 Å². The molecule has 0 aromatic rings. The smallest absolute Gasteiger partial charge is 0.223 e. The lowest BCUT2D eigenvalue weighted by atomic mass is 9.66.